The van der Waals surface area contributed by atoms with Crippen molar-refractivity contribution in [2.75, 3.05) is 0 Å². The van der Waals surface area contributed by atoms with E-state index in [1.165, 1.54) is 0 Å². The van der Waals surface area contributed by atoms with Crippen LogP contribution < -0.4 is 0 Å². The number of aromatic carboxylic acids is 1. The zero-order valence-electron chi connectivity index (χ0n) is 12.6. The lowest BCUT2D eigenvalue weighted by Crippen LogP contribution is -2.32. The Morgan fingerprint density at radius 2 is 1.90 bits per heavy atom. The third-order valence-corrected chi connectivity index (χ3v) is 3.23. The summed E-state index contributed by atoms with van der Waals surface area (Å²) >= 11 is 0. The van der Waals surface area contributed by atoms with Crippen LogP contribution in [0.15, 0.2) is 18.2 Å². The Kier molecular flexibility index (Phi) is 3.32. The number of hydrogen-bond acceptors (Lipinski definition) is 3. The van der Waals surface area contributed by atoms with Crippen molar-refractivity contribution in [3.63, 3.8) is 0 Å². The summed E-state index contributed by atoms with van der Waals surface area (Å²) < 4.78 is 1.83. The highest BCUT2D eigenvalue weighted by Gasteiger charge is 2.29. The van der Waals surface area contributed by atoms with E-state index in [1.807, 2.05) is 4.68 Å². The molecule has 0 aliphatic heterocycles. The molecule has 1 aromatic carbocycles. The van der Waals surface area contributed by atoms with Gasteiger partial charge in [-0.05, 0) is 43.9 Å². The average Bonchev–Trinajstić information content (AvgIpc) is 2.68. The fourth-order valence-electron chi connectivity index (χ4n) is 2.87. The van der Waals surface area contributed by atoms with Crippen molar-refractivity contribution < 1.29 is 9.90 Å². The number of carboxylic acid groups (broad SMARTS) is 1. The van der Waals surface area contributed by atoms with E-state index in [-0.39, 0.29) is 16.5 Å². The predicted octanol–water partition coefficient (Wildman–Crippen LogP) is 3.30. The SMILES string of the molecule is CC(C)(C)CC(C)(C)n1nnc2ccc(C(=O)O)cc21. The van der Waals surface area contributed by atoms with Crippen molar-refractivity contribution in [2.24, 2.45) is 5.41 Å². The minimum Gasteiger partial charge on any atom is -0.478 e. The summed E-state index contributed by atoms with van der Waals surface area (Å²) in [4.78, 5) is 11.1. The Hall–Kier alpha value is -1.91. The molecule has 5 nitrogen and oxygen atoms in total. The van der Waals surface area contributed by atoms with Crippen LogP contribution in [-0.4, -0.2) is 26.1 Å². The van der Waals surface area contributed by atoms with Gasteiger partial charge in [-0.2, -0.15) is 0 Å². The number of rotatable bonds is 3. The maximum Gasteiger partial charge on any atom is 0.335 e. The molecule has 20 heavy (non-hydrogen) atoms. The molecular formula is C15H21N3O2. The van der Waals surface area contributed by atoms with Crippen LogP contribution in [0.5, 0.6) is 0 Å². The van der Waals surface area contributed by atoms with Gasteiger partial charge in [0.1, 0.15) is 5.52 Å². The van der Waals surface area contributed by atoms with Crippen LogP contribution in [0.3, 0.4) is 0 Å². The molecule has 0 fully saturated rings. The Bertz CT molecular complexity index is 651. The smallest absolute Gasteiger partial charge is 0.335 e. The number of hydrogen-bond donors (Lipinski definition) is 1. The van der Waals surface area contributed by atoms with Crippen molar-refractivity contribution in [2.45, 2.75) is 46.6 Å². The number of fused-ring (bicyclic) bond motifs is 1. The van der Waals surface area contributed by atoms with Crippen molar-refractivity contribution >= 4 is 17.0 Å². The quantitative estimate of drug-likeness (QED) is 0.933. The molecule has 0 atom stereocenters. The van der Waals surface area contributed by atoms with Crippen LogP contribution in [0.2, 0.25) is 0 Å². The van der Waals surface area contributed by atoms with Crippen molar-refractivity contribution in [3.05, 3.63) is 23.8 Å². The van der Waals surface area contributed by atoms with Crippen LogP contribution in [-0.2, 0) is 5.54 Å². The lowest BCUT2D eigenvalue weighted by atomic mass is 9.82. The predicted molar refractivity (Wildman–Crippen MR) is 77.9 cm³/mol. The van der Waals surface area contributed by atoms with Gasteiger partial charge in [0.25, 0.3) is 0 Å². The summed E-state index contributed by atoms with van der Waals surface area (Å²) in [5.41, 5.74) is 1.65. The Morgan fingerprint density at radius 1 is 1.25 bits per heavy atom. The first-order chi connectivity index (χ1) is 9.10. The molecule has 0 aliphatic carbocycles. The van der Waals surface area contributed by atoms with E-state index in [2.05, 4.69) is 44.9 Å². The molecule has 0 amide bonds. The van der Waals surface area contributed by atoms with Gasteiger partial charge in [0, 0.05) is 0 Å². The van der Waals surface area contributed by atoms with Gasteiger partial charge in [-0.1, -0.05) is 26.0 Å². The van der Waals surface area contributed by atoms with Gasteiger partial charge in [-0.3, -0.25) is 0 Å². The lowest BCUT2D eigenvalue weighted by Gasteiger charge is -2.32. The Balaban J connectivity index is 2.54. The van der Waals surface area contributed by atoms with Crippen molar-refractivity contribution in [1.82, 2.24) is 15.0 Å². The van der Waals surface area contributed by atoms with Gasteiger partial charge in [0.05, 0.1) is 16.6 Å². The zero-order valence-corrected chi connectivity index (χ0v) is 12.6. The molecule has 108 valence electrons. The fraction of sp³-hybridized carbons (Fsp3) is 0.533. The second kappa shape index (κ2) is 4.58. The maximum absolute atomic E-state index is 11.1. The van der Waals surface area contributed by atoms with Gasteiger partial charge < -0.3 is 5.11 Å². The van der Waals surface area contributed by atoms with Crippen LogP contribution in [0.25, 0.3) is 11.0 Å². The van der Waals surface area contributed by atoms with E-state index in [4.69, 9.17) is 5.11 Å². The average molecular weight is 275 g/mol. The molecule has 1 N–H and O–H groups in total. The van der Waals surface area contributed by atoms with Gasteiger partial charge in [-0.15, -0.1) is 5.10 Å². The number of benzene rings is 1. The van der Waals surface area contributed by atoms with Gasteiger partial charge >= 0.3 is 5.97 Å². The molecule has 1 heterocycles. The molecule has 0 bridgehead atoms. The van der Waals surface area contributed by atoms with Gasteiger partial charge in [0.2, 0.25) is 0 Å². The van der Waals surface area contributed by atoms with Gasteiger partial charge in [-0.25, -0.2) is 9.48 Å². The number of carboxylic acids is 1. The molecule has 0 aliphatic rings. The largest absolute Gasteiger partial charge is 0.478 e. The third kappa shape index (κ3) is 2.81. The second-order valence-electron chi connectivity index (χ2n) is 7.06. The van der Waals surface area contributed by atoms with Crippen LogP contribution in [0, 0.1) is 5.41 Å². The highest BCUT2D eigenvalue weighted by Crippen LogP contribution is 2.33. The van der Waals surface area contributed by atoms with Crippen LogP contribution >= 0.6 is 0 Å². The summed E-state index contributed by atoms with van der Waals surface area (Å²) in [5, 5.41) is 17.5. The Morgan fingerprint density at radius 3 is 2.45 bits per heavy atom. The Labute approximate surface area is 118 Å². The molecular weight excluding hydrogens is 254 g/mol. The summed E-state index contributed by atoms with van der Waals surface area (Å²) in [6.45, 7) is 10.7. The monoisotopic (exact) mass is 275 g/mol. The molecule has 2 aromatic rings. The number of aromatic nitrogens is 3. The van der Waals surface area contributed by atoms with E-state index in [0.29, 0.717) is 0 Å². The van der Waals surface area contributed by atoms with Crippen molar-refractivity contribution in [1.29, 1.82) is 0 Å². The van der Waals surface area contributed by atoms with Crippen LogP contribution in [0.4, 0.5) is 0 Å². The summed E-state index contributed by atoms with van der Waals surface area (Å²) in [7, 11) is 0. The van der Waals surface area contributed by atoms with E-state index < -0.39 is 5.97 Å². The standard InChI is InChI=1S/C15H21N3O2/c1-14(2,3)9-15(4,5)18-12-8-10(13(19)20)6-7-11(12)16-17-18/h6-8H,9H2,1-5H3,(H,19,20). The topological polar surface area (TPSA) is 68.0 Å². The van der Waals surface area contributed by atoms with E-state index in [9.17, 15) is 4.79 Å². The van der Waals surface area contributed by atoms with E-state index in [1.54, 1.807) is 18.2 Å². The number of carbonyl (C=O) groups is 1. The first-order valence-electron chi connectivity index (χ1n) is 6.69. The molecule has 0 spiro atoms. The van der Waals surface area contributed by atoms with E-state index in [0.717, 1.165) is 17.5 Å². The van der Waals surface area contributed by atoms with E-state index >= 15 is 0 Å². The van der Waals surface area contributed by atoms with Crippen molar-refractivity contribution in [3.8, 4) is 0 Å². The van der Waals surface area contributed by atoms with Gasteiger partial charge in [0.15, 0.2) is 0 Å². The fourth-order valence-corrected chi connectivity index (χ4v) is 2.87. The molecule has 5 heteroatoms. The molecule has 1 aromatic heterocycles. The normalized spacial score (nSPS) is 12.8. The molecule has 0 unspecified atom stereocenters. The summed E-state index contributed by atoms with van der Waals surface area (Å²) in [6, 6.07) is 4.90. The molecule has 0 radical (unpaired) electrons. The molecule has 0 saturated heterocycles. The highest BCUT2D eigenvalue weighted by molar-refractivity contribution is 5.92. The lowest BCUT2D eigenvalue weighted by molar-refractivity contribution is 0.0697. The number of nitrogens with zero attached hydrogens (tertiary/aromatic N) is 3. The molecule has 2 rings (SSSR count). The summed E-state index contributed by atoms with van der Waals surface area (Å²) in [5.74, 6) is -0.937. The minimum atomic E-state index is -0.937. The zero-order chi connectivity index (χ0) is 15.1. The first kappa shape index (κ1) is 14.5. The molecule has 0 saturated carbocycles. The minimum absolute atomic E-state index is 0.145. The maximum atomic E-state index is 11.1. The highest BCUT2D eigenvalue weighted by atomic mass is 16.4. The third-order valence-electron chi connectivity index (χ3n) is 3.23. The second-order valence-corrected chi connectivity index (χ2v) is 7.06. The first-order valence-corrected chi connectivity index (χ1v) is 6.69. The van der Waals surface area contributed by atoms with Crippen LogP contribution in [0.1, 0.15) is 51.4 Å². The summed E-state index contributed by atoms with van der Waals surface area (Å²) in [6.07, 6.45) is 0.912.